The average molecular weight is 337 g/mol. The minimum atomic E-state index is -0.343. The molecular weight excluding hydrogens is 319 g/mol. The summed E-state index contributed by atoms with van der Waals surface area (Å²) in [7, 11) is 1.63. The predicted octanol–water partition coefficient (Wildman–Crippen LogP) is 2.65. The maximum atomic E-state index is 13.2. The summed E-state index contributed by atoms with van der Waals surface area (Å²) < 4.78 is 34.3. The number of rotatable bonds is 10. The van der Waals surface area contributed by atoms with Gasteiger partial charge in [-0.2, -0.15) is 0 Å². The van der Waals surface area contributed by atoms with Gasteiger partial charge in [-0.25, -0.2) is 4.39 Å². The van der Waals surface area contributed by atoms with E-state index in [0.29, 0.717) is 49.9 Å². The Morgan fingerprint density at radius 3 is 2.26 bits per heavy atom. The van der Waals surface area contributed by atoms with Gasteiger partial charge in [0.05, 0.1) is 37.5 Å². The van der Waals surface area contributed by atoms with Gasteiger partial charge in [0, 0.05) is 13.2 Å². The molecule has 0 unspecified atom stereocenters. The highest BCUT2D eigenvalue weighted by Crippen LogP contribution is 2.20. The van der Waals surface area contributed by atoms with Crippen molar-refractivity contribution in [1.29, 1.82) is 0 Å². The first-order valence-electron chi connectivity index (χ1n) is 5.96. The SMILES string of the molecule is COCCOCCOCCOc1ccc(Br)c(F)c1. The second-order valence-electron chi connectivity index (χ2n) is 3.64. The molecule has 0 N–H and O–H groups in total. The largest absolute Gasteiger partial charge is 0.491 e. The molecule has 0 aliphatic rings. The molecule has 6 heteroatoms. The number of benzene rings is 1. The van der Waals surface area contributed by atoms with Crippen LogP contribution in [0.3, 0.4) is 0 Å². The minimum Gasteiger partial charge on any atom is -0.491 e. The van der Waals surface area contributed by atoms with Gasteiger partial charge in [0.1, 0.15) is 18.2 Å². The lowest BCUT2D eigenvalue weighted by Crippen LogP contribution is -2.12. The molecule has 0 atom stereocenters. The molecule has 0 radical (unpaired) electrons. The summed E-state index contributed by atoms with van der Waals surface area (Å²) in [4.78, 5) is 0. The highest BCUT2D eigenvalue weighted by atomic mass is 79.9. The third-order valence-corrected chi connectivity index (χ3v) is 2.83. The maximum Gasteiger partial charge on any atom is 0.141 e. The van der Waals surface area contributed by atoms with E-state index in [1.807, 2.05) is 0 Å². The van der Waals surface area contributed by atoms with Gasteiger partial charge in [-0.05, 0) is 28.1 Å². The first-order chi connectivity index (χ1) is 9.24. The van der Waals surface area contributed by atoms with E-state index in [-0.39, 0.29) is 5.82 Å². The summed E-state index contributed by atoms with van der Waals surface area (Å²) in [6, 6.07) is 4.63. The number of hydrogen-bond acceptors (Lipinski definition) is 4. The normalized spacial score (nSPS) is 10.7. The number of ether oxygens (including phenoxy) is 4. The van der Waals surface area contributed by atoms with Crippen LogP contribution in [0.25, 0.3) is 0 Å². The first kappa shape index (κ1) is 16.4. The minimum absolute atomic E-state index is 0.343. The zero-order valence-corrected chi connectivity index (χ0v) is 12.4. The number of hydrogen-bond donors (Lipinski definition) is 0. The molecule has 0 amide bonds. The standard InChI is InChI=1S/C13H18BrFO4/c1-16-4-5-17-6-7-18-8-9-19-11-2-3-12(14)13(15)10-11/h2-3,10H,4-9H2,1H3. The van der Waals surface area contributed by atoms with Crippen LogP contribution in [0.1, 0.15) is 0 Å². The van der Waals surface area contributed by atoms with Crippen molar-refractivity contribution in [2.75, 3.05) is 46.8 Å². The molecule has 0 aromatic heterocycles. The summed E-state index contributed by atoms with van der Waals surface area (Å²) in [6.07, 6.45) is 0. The van der Waals surface area contributed by atoms with Crippen LogP contribution in [0, 0.1) is 5.82 Å². The highest BCUT2D eigenvalue weighted by Gasteiger charge is 2.01. The van der Waals surface area contributed by atoms with Gasteiger partial charge >= 0.3 is 0 Å². The van der Waals surface area contributed by atoms with Crippen molar-refractivity contribution in [3.63, 3.8) is 0 Å². The van der Waals surface area contributed by atoms with Crippen LogP contribution in [-0.2, 0) is 14.2 Å². The van der Waals surface area contributed by atoms with Crippen LogP contribution in [0.4, 0.5) is 4.39 Å². The van der Waals surface area contributed by atoms with E-state index in [2.05, 4.69) is 15.9 Å². The molecule has 1 aromatic carbocycles. The van der Waals surface area contributed by atoms with Gasteiger partial charge < -0.3 is 18.9 Å². The third kappa shape index (κ3) is 7.47. The molecule has 0 saturated heterocycles. The molecule has 1 rings (SSSR count). The van der Waals surface area contributed by atoms with Crippen LogP contribution in [0.2, 0.25) is 0 Å². The zero-order chi connectivity index (χ0) is 13.9. The summed E-state index contributed by atoms with van der Waals surface area (Å²) in [5.41, 5.74) is 0. The second-order valence-corrected chi connectivity index (χ2v) is 4.50. The van der Waals surface area contributed by atoms with E-state index >= 15 is 0 Å². The first-order valence-corrected chi connectivity index (χ1v) is 6.75. The Balaban J connectivity index is 2.00. The summed E-state index contributed by atoms with van der Waals surface area (Å²) in [5, 5.41) is 0. The quantitative estimate of drug-likeness (QED) is 0.615. The lowest BCUT2D eigenvalue weighted by molar-refractivity contribution is 0.0179. The van der Waals surface area contributed by atoms with Gasteiger partial charge in [-0.1, -0.05) is 0 Å². The molecule has 0 fully saturated rings. The lowest BCUT2D eigenvalue weighted by Gasteiger charge is -2.08. The molecule has 0 heterocycles. The van der Waals surface area contributed by atoms with E-state index in [4.69, 9.17) is 18.9 Å². The van der Waals surface area contributed by atoms with Crippen LogP contribution in [0.15, 0.2) is 22.7 Å². The molecule has 108 valence electrons. The van der Waals surface area contributed by atoms with E-state index < -0.39 is 0 Å². The Hall–Kier alpha value is -0.690. The van der Waals surface area contributed by atoms with Gasteiger partial charge in [0.2, 0.25) is 0 Å². The molecule has 0 aliphatic carbocycles. The Morgan fingerprint density at radius 2 is 1.63 bits per heavy atom. The predicted molar refractivity (Wildman–Crippen MR) is 73.1 cm³/mol. The maximum absolute atomic E-state index is 13.2. The van der Waals surface area contributed by atoms with Crippen molar-refractivity contribution in [3.05, 3.63) is 28.5 Å². The molecule has 0 saturated carbocycles. The molecular formula is C13H18BrFO4. The van der Waals surface area contributed by atoms with Crippen LogP contribution in [0.5, 0.6) is 5.75 Å². The fourth-order valence-electron chi connectivity index (χ4n) is 1.25. The van der Waals surface area contributed by atoms with Crippen molar-refractivity contribution in [2.45, 2.75) is 0 Å². The second kappa shape index (κ2) is 10.1. The fraction of sp³-hybridized carbons (Fsp3) is 0.538. The molecule has 0 aliphatic heterocycles. The highest BCUT2D eigenvalue weighted by molar-refractivity contribution is 9.10. The molecule has 4 nitrogen and oxygen atoms in total. The van der Waals surface area contributed by atoms with Crippen LogP contribution >= 0.6 is 15.9 Å². The average Bonchev–Trinajstić information content (AvgIpc) is 2.41. The Labute approximate surface area is 120 Å². The summed E-state index contributed by atoms with van der Waals surface area (Å²) >= 11 is 3.08. The van der Waals surface area contributed by atoms with E-state index in [9.17, 15) is 4.39 Å². The summed E-state index contributed by atoms with van der Waals surface area (Å²) in [5.74, 6) is 0.144. The van der Waals surface area contributed by atoms with Gasteiger partial charge in [-0.15, -0.1) is 0 Å². The van der Waals surface area contributed by atoms with E-state index in [1.165, 1.54) is 6.07 Å². The number of halogens is 2. The zero-order valence-electron chi connectivity index (χ0n) is 10.9. The topological polar surface area (TPSA) is 36.9 Å². The lowest BCUT2D eigenvalue weighted by atomic mass is 10.3. The van der Waals surface area contributed by atoms with E-state index in [0.717, 1.165) is 0 Å². The molecule has 1 aromatic rings. The molecule has 0 bridgehead atoms. The smallest absolute Gasteiger partial charge is 0.141 e. The van der Waals surface area contributed by atoms with Crippen LogP contribution in [-0.4, -0.2) is 46.8 Å². The van der Waals surface area contributed by atoms with Gasteiger partial charge in [-0.3, -0.25) is 0 Å². The van der Waals surface area contributed by atoms with Crippen molar-refractivity contribution in [1.82, 2.24) is 0 Å². The van der Waals surface area contributed by atoms with Crippen molar-refractivity contribution in [3.8, 4) is 5.75 Å². The monoisotopic (exact) mass is 336 g/mol. The Kier molecular flexibility index (Phi) is 8.73. The number of methoxy groups -OCH3 is 1. The molecule has 19 heavy (non-hydrogen) atoms. The van der Waals surface area contributed by atoms with E-state index in [1.54, 1.807) is 19.2 Å². The Morgan fingerprint density at radius 1 is 1.00 bits per heavy atom. The third-order valence-electron chi connectivity index (χ3n) is 2.19. The van der Waals surface area contributed by atoms with Gasteiger partial charge in [0.15, 0.2) is 0 Å². The fourth-order valence-corrected chi connectivity index (χ4v) is 1.50. The molecule has 0 spiro atoms. The Bertz CT molecular complexity index is 362. The van der Waals surface area contributed by atoms with Crippen molar-refractivity contribution < 1.29 is 23.3 Å². The van der Waals surface area contributed by atoms with Crippen molar-refractivity contribution >= 4 is 15.9 Å². The summed E-state index contributed by atoms with van der Waals surface area (Å²) in [6.45, 7) is 2.98. The van der Waals surface area contributed by atoms with Crippen molar-refractivity contribution in [2.24, 2.45) is 0 Å². The van der Waals surface area contributed by atoms with Gasteiger partial charge in [0.25, 0.3) is 0 Å². The van der Waals surface area contributed by atoms with Crippen LogP contribution < -0.4 is 4.74 Å².